The second-order valence-electron chi connectivity index (χ2n) is 4.30. The van der Waals surface area contributed by atoms with E-state index in [0.29, 0.717) is 0 Å². The van der Waals surface area contributed by atoms with E-state index >= 15 is 0 Å². The molecule has 0 atom stereocenters. The van der Waals surface area contributed by atoms with Crippen LogP contribution in [0.2, 0.25) is 0 Å². The van der Waals surface area contributed by atoms with Gasteiger partial charge in [-0.15, -0.1) is 0 Å². The average molecular weight is 223 g/mol. The largest absolute Gasteiger partial charge is 0.346 e. The Morgan fingerprint density at radius 3 is 2.71 bits per heavy atom. The Morgan fingerprint density at radius 2 is 1.94 bits per heavy atom. The third-order valence-electron chi connectivity index (χ3n) is 2.89. The molecule has 0 fully saturated rings. The molecule has 3 heterocycles. The molecule has 0 saturated carbocycles. The Labute approximate surface area is 99.5 Å². The highest BCUT2D eigenvalue weighted by Gasteiger charge is 2.07. The van der Waals surface area contributed by atoms with Crippen LogP contribution in [-0.2, 0) is 0 Å². The zero-order valence-electron chi connectivity index (χ0n) is 9.86. The van der Waals surface area contributed by atoms with Gasteiger partial charge in [0, 0.05) is 40.8 Å². The van der Waals surface area contributed by atoms with Crippen LogP contribution >= 0.6 is 0 Å². The fraction of sp³-hybridized carbons (Fsp3) is 0.143. The van der Waals surface area contributed by atoms with Crippen molar-refractivity contribution in [1.29, 1.82) is 0 Å². The number of aromatic nitrogens is 3. The van der Waals surface area contributed by atoms with Crippen molar-refractivity contribution < 1.29 is 0 Å². The van der Waals surface area contributed by atoms with Crippen molar-refractivity contribution >= 4 is 11.0 Å². The van der Waals surface area contributed by atoms with Crippen molar-refractivity contribution in [3.8, 4) is 11.1 Å². The number of nitrogens with one attached hydrogen (secondary N) is 1. The standard InChI is InChI=1S/C14H13N3/c1-9-5-12-13(8-17-14(12)16-6-9)11-4-3-10(2)15-7-11/h3-8H,1-2H3,(H,16,17). The molecule has 0 bridgehead atoms. The molecular formula is C14H13N3. The molecule has 0 amide bonds. The summed E-state index contributed by atoms with van der Waals surface area (Å²) in [6.45, 7) is 4.04. The van der Waals surface area contributed by atoms with Crippen molar-refractivity contribution in [2.24, 2.45) is 0 Å². The molecule has 0 aliphatic carbocycles. The van der Waals surface area contributed by atoms with E-state index in [1.807, 2.05) is 31.6 Å². The summed E-state index contributed by atoms with van der Waals surface area (Å²) < 4.78 is 0. The lowest BCUT2D eigenvalue weighted by Crippen LogP contribution is -1.83. The van der Waals surface area contributed by atoms with Crippen LogP contribution in [0.5, 0.6) is 0 Å². The van der Waals surface area contributed by atoms with Gasteiger partial charge < -0.3 is 4.98 Å². The van der Waals surface area contributed by atoms with Crippen LogP contribution in [0.1, 0.15) is 11.3 Å². The molecule has 3 aromatic heterocycles. The molecule has 0 aromatic carbocycles. The molecule has 1 N–H and O–H groups in total. The van der Waals surface area contributed by atoms with E-state index in [4.69, 9.17) is 0 Å². The van der Waals surface area contributed by atoms with Gasteiger partial charge in [-0.25, -0.2) is 4.98 Å². The second-order valence-corrected chi connectivity index (χ2v) is 4.30. The third-order valence-corrected chi connectivity index (χ3v) is 2.89. The number of hydrogen-bond donors (Lipinski definition) is 1. The van der Waals surface area contributed by atoms with E-state index in [1.54, 1.807) is 0 Å². The summed E-state index contributed by atoms with van der Waals surface area (Å²) in [4.78, 5) is 11.9. The quantitative estimate of drug-likeness (QED) is 0.688. The van der Waals surface area contributed by atoms with Crippen molar-refractivity contribution in [1.82, 2.24) is 15.0 Å². The Morgan fingerprint density at radius 1 is 1.06 bits per heavy atom. The number of fused-ring (bicyclic) bond motifs is 1. The van der Waals surface area contributed by atoms with Crippen LogP contribution in [0.25, 0.3) is 22.2 Å². The molecule has 0 radical (unpaired) electrons. The maximum absolute atomic E-state index is 4.37. The number of pyridine rings is 2. The Hall–Kier alpha value is -2.16. The fourth-order valence-corrected chi connectivity index (χ4v) is 1.97. The topological polar surface area (TPSA) is 41.6 Å². The minimum absolute atomic E-state index is 0.922. The first-order valence-electron chi connectivity index (χ1n) is 5.61. The first kappa shape index (κ1) is 10.0. The van der Waals surface area contributed by atoms with Crippen molar-refractivity contribution in [3.05, 3.63) is 48.0 Å². The number of nitrogens with zero attached hydrogens (tertiary/aromatic N) is 2. The van der Waals surface area contributed by atoms with E-state index in [9.17, 15) is 0 Å². The molecule has 3 aromatic rings. The summed E-state index contributed by atoms with van der Waals surface area (Å²) >= 11 is 0. The smallest absolute Gasteiger partial charge is 0.137 e. The predicted octanol–water partition coefficient (Wildman–Crippen LogP) is 3.24. The van der Waals surface area contributed by atoms with Crippen molar-refractivity contribution in [2.75, 3.05) is 0 Å². The zero-order chi connectivity index (χ0) is 11.8. The summed E-state index contributed by atoms with van der Waals surface area (Å²) in [5, 5.41) is 1.15. The normalized spacial score (nSPS) is 10.9. The lowest BCUT2D eigenvalue weighted by atomic mass is 10.1. The number of hydrogen-bond acceptors (Lipinski definition) is 2. The fourth-order valence-electron chi connectivity index (χ4n) is 1.97. The highest BCUT2D eigenvalue weighted by Crippen LogP contribution is 2.27. The molecule has 3 heteroatoms. The highest BCUT2D eigenvalue weighted by molar-refractivity contribution is 5.93. The van der Waals surface area contributed by atoms with Gasteiger partial charge in [-0.2, -0.15) is 0 Å². The van der Waals surface area contributed by atoms with Crippen LogP contribution in [-0.4, -0.2) is 15.0 Å². The molecular weight excluding hydrogens is 210 g/mol. The zero-order valence-corrected chi connectivity index (χ0v) is 9.86. The number of aryl methyl sites for hydroxylation is 2. The van der Waals surface area contributed by atoms with Crippen LogP contribution in [0, 0.1) is 13.8 Å². The van der Waals surface area contributed by atoms with Gasteiger partial charge in [-0.05, 0) is 31.5 Å². The predicted molar refractivity (Wildman–Crippen MR) is 68.8 cm³/mol. The van der Waals surface area contributed by atoms with Crippen molar-refractivity contribution in [2.45, 2.75) is 13.8 Å². The minimum atomic E-state index is 0.922. The van der Waals surface area contributed by atoms with E-state index in [0.717, 1.165) is 27.9 Å². The SMILES string of the molecule is Cc1cnc2[nH]cc(-c3ccc(C)nc3)c2c1. The second kappa shape index (κ2) is 3.70. The number of aromatic amines is 1. The van der Waals surface area contributed by atoms with Crippen LogP contribution < -0.4 is 0 Å². The summed E-state index contributed by atoms with van der Waals surface area (Å²) in [5.74, 6) is 0. The molecule has 3 rings (SSSR count). The Balaban J connectivity index is 2.23. The molecule has 84 valence electrons. The lowest BCUT2D eigenvalue weighted by molar-refractivity contribution is 1.20. The first-order chi connectivity index (χ1) is 8.24. The van der Waals surface area contributed by atoms with Gasteiger partial charge in [0.15, 0.2) is 0 Å². The Kier molecular flexibility index (Phi) is 2.18. The summed E-state index contributed by atoms with van der Waals surface area (Å²) in [5.41, 5.74) is 5.39. The van der Waals surface area contributed by atoms with E-state index < -0.39 is 0 Å². The molecule has 17 heavy (non-hydrogen) atoms. The molecule has 3 nitrogen and oxygen atoms in total. The van der Waals surface area contributed by atoms with Crippen molar-refractivity contribution in [3.63, 3.8) is 0 Å². The van der Waals surface area contributed by atoms with E-state index in [1.165, 1.54) is 5.56 Å². The number of H-pyrrole nitrogens is 1. The minimum Gasteiger partial charge on any atom is -0.346 e. The molecule has 0 aliphatic rings. The van der Waals surface area contributed by atoms with Gasteiger partial charge in [0.05, 0.1) is 0 Å². The molecule has 0 saturated heterocycles. The van der Waals surface area contributed by atoms with Gasteiger partial charge in [0.25, 0.3) is 0 Å². The summed E-state index contributed by atoms with van der Waals surface area (Å²) in [6, 6.07) is 6.26. The van der Waals surface area contributed by atoms with Gasteiger partial charge in [0.2, 0.25) is 0 Å². The number of rotatable bonds is 1. The lowest BCUT2D eigenvalue weighted by Gasteiger charge is -2.00. The van der Waals surface area contributed by atoms with E-state index in [-0.39, 0.29) is 0 Å². The third kappa shape index (κ3) is 1.69. The Bertz CT molecular complexity index is 666. The maximum Gasteiger partial charge on any atom is 0.137 e. The summed E-state index contributed by atoms with van der Waals surface area (Å²) in [6.07, 6.45) is 5.76. The van der Waals surface area contributed by atoms with Gasteiger partial charge in [0.1, 0.15) is 5.65 Å². The summed E-state index contributed by atoms with van der Waals surface area (Å²) in [7, 11) is 0. The van der Waals surface area contributed by atoms with Gasteiger partial charge >= 0.3 is 0 Å². The maximum atomic E-state index is 4.37. The highest BCUT2D eigenvalue weighted by atomic mass is 14.8. The van der Waals surface area contributed by atoms with Crippen LogP contribution in [0.3, 0.4) is 0 Å². The van der Waals surface area contributed by atoms with Crippen LogP contribution in [0.4, 0.5) is 0 Å². The van der Waals surface area contributed by atoms with Gasteiger partial charge in [-0.3, -0.25) is 4.98 Å². The van der Waals surface area contributed by atoms with E-state index in [2.05, 4.69) is 34.0 Å². The van der Waals surface area contributed by atoms with Crippen LogP contribution in [0.15, 0.2) is 36.8 Å². The molecule has 0 spiro atoms. The average Bonchev–Trinajstić information content (AvgIpc) is 2.73. The van der Waals surface area contributed by atoms with Gasteiger partial charge in [-0.1, -0.05) is 6.07 Å². The monoisotopic (exact) mass is 223 g/mol. The molecule has 0 unspecified atom stereocenters. The first-order valence-corrected chi connectivity index (χ1v) is 5.61. The molecule has 0 aliphatic heterocycles.